The zero-order valence-electron chi connectivity index (χ0n) is 11.9. The first-order valence-electron chi connectivity index (χ1n) is 6.52. The quantitative estimate of drug-likeness (QED) is 0.876. The number of sulfonamides is 1. The van der Waals surface area contributed by atoms with Crippen molar-refractivity contribution in [3.63, 3.8) is 0 Å². The minimum absolute atomic E-state index is 0.0147. The monoisotopic (exact) mass is 320 g/mol. The molecule has 0 bridgehead atoms. The van der Waals surface area contributed by atoms with Crippen LogP contribution in [0, 0.1) is 0 Å². The number of carbonyl (C=O) groups is 1. The number of amides is 1. The molecular weight excluding hydrogens is 304 g/mol. The van der Waals surface area contributed by atoms with Crippen molar-refractivity contribution in [2.45, 2.75) is 17.9 Å². The Morgan fingerprint density at radius 1 is 1.09 bits per heavy atom. The van der Waals surface area contributed by atoms with Crippen molar-refractivity contribution in [3.05, 3.63) is 54.6 Å². The highest BCUT2D eigenvalue weighted by atomic mass is 32.2. The first kappa shape index (κ1) is 16.0. The van der Waals surface area contributed by atoms with Crippen LogP contribution < -0.4 is 15.2 Å². The van der Waals surface area contributed by atoms with Gasteiger partial charge in [0.25, 0.3) is 5.91 Å². The highest BCUT2D eigenvalue weighted by Crippen LogP contribution is 2.15. The van der Waals surface area contributed by atoms with Crippen LogP contribution in [-0.4, -0.2) is 20.4 Å². The maximum Gasteiger partial charge on any atom is 0.265 e. The van der Waals surface area contributed by atoms with E-state index in [0.717, 1.165) is 0 Å². The summed E-state index contributed by atoms with van der Waals surface area (Å²) in [5, 5.41) is 7.65. The molecule has 2 rings (SSSR count). The number of hydrogen-bond donors (Lipinski definition) is 2. The molecule has 0 aromatic heterocycles. The van der Waals surface area contributed by atoms with Crippen molar-refractivity contribution in [3.8, 4) is 5.75 Å². The predicted octanol–water partition coefficient (Wildman–Crippen LogP) is 1.74. The molecule has 0 radical (unpaired) electrons. The van der Waals surface area contributed by atoms with Gasteiger partial charge in [-0.05, 0) is 43.3 Å². The van der Waals surface area contributed by atoms with E-state index in [1.807, 2.05) is 18.2 Å². The third kappa shape index (κ3) is 4.31. The first-order chi connectivity index (χ1) is 10.4. The van der Waals surface area contributed by atoms with Gasteiger partial charge in [0.15, 0.2) is 6.10 Å². The van der Waals surface area contributed by atoms with Crippen molar-refractivity contribution >= 4 is 21.6 Å². The molecule has 0 aliphatic carbocycles. The van der Waals surface area contributed by atoms with E-state index in [2.05, 4.69) is 5.32 Å². The molecule has 7 heteroatoms. The maximum absolute atomic E-state index is 12.0. The van der Waals surface area contributed by atoms with Gasteiger partial charge in [0.05, 0.1) is 4.90 Å². The third-order valence-corrected chi connectivity index (χ3v) is 3.80. The van der Waals surface area contributed by atoms with Crippen LogP contribution in [0.4, 0.5) is 5.69 Å². The number of primary sulfonamides is 1. The largest absolute Gasteiger partial charge is 0.481 e. The summed E-state index contributed by atoms with van der Waals surface area (Å²) in [6, 6.07) is 14.6. The zero-order valence-corrected chi connectivity index (χ0v) is 12.7. The molecule has 116 valence electrons. The molecular formula is C15H16N2O4S. The molecule has 0 fully saturated rings. The molecule has 0 heterocycles. The number of benzene rings is 2. The predicted molar refractivity (Wildman–Crippen MR) is 83.0 cm³/mol. The summed E-state index contributed by atoms with van der Waals surface area (Å²) in [4.78, 5) is 12.0. The second-order valence-corrected chi connectivity index (χ2v) is 6.19. The minimum atomic E-state index is -3.74. The van der Waals surface area contributed by atoms with E-state index in [1.54, 1.807) is 19.1 Å². The molecule has 0 unspecified atom stereocenters. The number of rotatable bonds is 5. The number of anilines is 1. The Morgan fingerprint density at radius 2 is 1.68 bits per heavy atom. The number of nitrogens with one attached hydrogen (secondary N) is 1. The Morgan fingerprint density at radius 3 is 2.23 bits per heavy atom. The molecule has 0 aliphatic rings. The van der Waals surface area contributed by atoms with Gasteiger partial charge >= 0.3 is 0 Å². The minimum Gasteiger partial charge on any atom is -0.481 e. The Hall–Kier alpha value is -2.38. The zero-order chi connectivity index (χ0) is 16.2. The number of ether oxygens (including phenoxy) is 1. The van der Waals surface area contributed by atoms with Gasteiger partial charge < -0.3 is 10.1 Å². The Bertz CT molecular complexity index is 743. The summed E-state index contributed by atoms with van der Waals surface area (Å²) in [6.45, 7) is 1.63. The molecule has 1 amide bonds. The molecule has 22 heavy (non-hydrogen) atoms. The third-order valence-electron chi connectivity index (χ3n) is 2.88. The van der Waals surface area contributed by atoms with Gasteiger partial charge in [-0.1, -0.05) is 18.2 Å². The van der Waals surface area contributed by atoms with Crippen molar-refractivity contribution < 1.29 is 17.9 Å². The summed E-state index contributed by atoms with van der Waals surface area (Å²) in [6.07, 6.45) is -0.694. The molecule has 0 saturated carbocycles. The van der Waals surface area contributed by atoms with E-state index in [-0.39, 0.29) is 10.8 Å². The Kier molecular flexibility index (Phi) is 4.79. The average Bonchev–Trinajstić information content (AvgIpc) is 2.48. The van der Waals surface area contributed by atoms with Crippen LogP contribution in [0.1, 0.15) is 6.92 Å². The Labute approximate surface area is 129 Å². The summed E-state index contributed by atoms with van der Waals surface area (Å²) in [5.41, 5.74) is 0.459. The van der Waals surface area contributed by atoms with E-state index in [4.69, 9.17) is 9.88 Å². The maximum atomic E-state index is 12.0. The van der Waals surface area contributed by atoms with Crippen molar-refractivity contribution in [2.24, 2.45) is 5.14 Å². The van der Waals surface area contributed by atoms with Gasteiger partial charge in [0.2, 0.25) is 10.0 Å². The van der Waals surface area contributed by atoms with E-state index in [1.165, 1.54) is 24.3 Å². The van der Waals surface area contributed by atoms with Gasteiger partial charge in [-0.25, -0.2) is 13.6 Å². The van der Waals surface area contributed by atoms with E-state index in [0.29, 0.717) is 11.4 Å². The second-order valence-electron chi connectivity index (χ2n) is 4.63. The molecule has 1 atom stereocenters. The van der Waals surface area contributed by atoms with Crippen molar-refractivity contribution in [1.82, 2.24) is 0 Å². The van der Waals surface area contributed by atoms with Gasteiger partial charge in [-0.3, -0.25) is 4.79 Å². The molecule has 2 aromatic rings. The van der Waals surface area contributed by atoms with Crippen LogP contribution in [0.2, 0.25) is 0 Å². The van der Waals surface area contributed by atoms with Crippen LogP contribution >= 0.6 is 0 Å². The molecule has 6 nitrogen and oxygen atoms in total. The molecule has 3 N–H and O–H groups in total. The standard InChI is InChI=1S/C15H16N2O4S/c1-11(21-13-5-3-2-4-6-13)15(18)17-12-7-9-14(10-8-12)22(16,19)20/h2-11H,1H3,(H,17,18)(H2,16,19,20)/t11-/m0/s1. The average molecular weight is 320 g/mol. The van der Waals surface area contributed by atoms with Gasteiger partial charge in [0, 0.05) is 5.69 Å². The molecule has 2 aromatic carbocycles. The fourth-order valence-corrected chi connectivity index (χ4v) is 2.24. The van der Waals surface area contributed by atoms with Crippen LogP contribution in [0.3, 0.4) is 0 Å². The lowest BCUT2D eigenvalue weighted by molar-refractivity contribution is -0.122. The number of carbonyl (C=O) groups excluding carboxylic acids is 1. The highest BCUT2D eigenvalue weighted by molar-refractivity contribution is 7.89. The number of hydrogen-bond acceptors (Lipinski definition) is 4. The Balaban J connectivity index is 1.99. The first-order valence-corrected chi connectivity index (χ1v) is 8.06. The summed E-state index contributed by atoms with van der Waals surface area (Å²) >= 11 is 0. The van der Waals surface area contributed by atoms with E-state index in [9.17, 15) is 13.2 Å². The van der Waals surface area contributed by atoms with Crippen molar-refractivity contribution in [1.29, 1.82) is 0 Å². The molecule has 0 aliphatic heterocycles. The SMILES string of the molecule is C[C@H](Oc1ccccc1)C(=O)Nc1ccc(S(N)(=O)=O)cc1. The van der Waals surface area contributed by atoms with Gasteiger partial charge in [-0.15, -0.1) is 0 Å². The summed E-state index contributed by atoms with van der Waals surface area (Å²) < 4.78 is 27.8. The van der Waals surface area contributed by atoms with Crippen molar-refractivity contribution in [2.75, 3.05) is 5.32 Å². The summed E-state index contributed by atoms with van der Waals surface area (Å²) in [5.74, 6) is 0.252. The number of nitrogens with two attached hydrogens (primary N) is 1. The van der Waals surface area contributed by atoms with Crippen LogP contribution in [0.25, 0.3) is 0 Å². The highest BCUT2D eigenvalue weighted by Gasteiger charge is 2.15. The lowest BCUT2D eigenvalue weighted by atomic mass is 10.3. The van der Waals surface area contributed by atoms with Crippen LogP contribution in [0.5, 0.6) is 5.75 Å². The van der Waals surface area contributed by atoms with Gasteiger partial charge in [0.1, 0.15) is 5.75 Å². The normalized spacial score (nSPS) is 12.5. The number of para-hydroxylation sites is 1. The van der Waals surface area contributed by atoms with Crippen LogP contribution in [-0.2, 0) is 14.8 Å². The lowest BCUT2D eigenvalue weighted by Gasteiger charge is -2.14. The van der Waals surface area contributed by atoms with Gasteiger partial charge in [-0.2, -0.15) is 0 Å². The molecule has 0 spiro atoms. The fourth-order valence-electron chi connectivity index (χ4n) is 1.73. The topological polar surface area (TPSA) is 98.5 Å². The molecule has 0 saturated heterocycles. The van der Waals surface area contributed by atoms with E-state index >= 15 is 0 Å². The van der Waals surface area contributed by atoms with Crippen LogP contribution in [0.15, 0.2) is 59.5 Å². The summed E-state index contributed by atoms with van der Waals surface area (Å²) in [7, 11) is -3.74. The lowest BCUT2D eigenvalue weighted by Crippen LogP contribution is -2.30. The van der Waals surface area contributed by atoms with E-state index < -0.39 is 16.1 Å². The second kappa shape index (κ2) is 6.59. The fraction of sp³-hybridized carbons (Fsp3) is 0.133. The smallest absolute Gasteiger partial charge is 0.265 e.